The Morgan fingerprint density at radius 3 is 2.81 bits per heavy atom. The van der Waals surface area contributed by atoms with Crippen LogP contribution in [0.2, 0.25) is 5.02 Å². The second-order valence-electron chi connectivity index (χ2n) is 6.11. The zero-order valence-corrected chi connectivity index (χ0v) is 15.7. The maximum absolute atomic E-state index is 12.5. The molecule has 0 spiro atoms. The summed E-state index contributed by atoms with van der Waals surface area (Å²) in [7, 11) is 3.55. The number of ether oxygens (including phenoxy) is 1. The molecule has 26 heavy (non-hydrogen) atoms. The van der Waals surface area contributed by atoms with E-state index in [4.69, 9.17) is 20.8 Å². The van der Waals surface area contributed by atoms with Crippen molar-refractivity contribution in [2.24, 2.45) is 7.05 Å². The third-order valence-corrected chi connectivity index (χ3v) is 4.13. The zero-order valence-electron chi connectivity index (χ0n) is 14.9. The summed E-state index contributed by atoms with van der Waals surface area (Å²) in [5, 5.41) is 4.94. The molecule has 0 N–H and O–H groups in total. The smallest absolute Gasteiger partial charge is 0.289 e. The highest BCUT2D eigenvalue weighted by molar-refractivity contribution is 6.30. The summed E-state index contributed by atoms with van der Waals surface area (Å²) in [6, 6.07) is 10.7. The van der Waals surface area contributed by atoms with Crippen LogP contribution in [0.5, 0.6) is 5.75 Å². The molecule has 0 aliphatic heterocycles. The monoisotopic (exact) mass is 373 g/mol. The Hall–Kier alpha value is -2.73. The molecule has 0 aliphatic carbocycles. The van der Waals surface area contributed by atoms with Gasteiger partial charge in [0.2, 0.25) is 0 Å². The SMILES string of the molecule is Cc1cc(Cl)ccc1OCc1ccc(C(=O)N(C)Cc2ccn(C)n2)o1. The fourth-order valence-corrected chi connectivity index (χ4v) is 2.77. The van der Waals surface area contributed by atoms with Crippen LogP contribution in [0.4, 0.5) is 0 Å². The van der Waals surface area contributed by atoms with Crippen molar-refractivity contribution < 1.29 is 13.9 Å². The summed E-state index contributed by atoms with van der Waals surface area (Å²) >= 11 is 5.94. The molecule has 0 saturated carbocycles. The van der Waals surface area contributed by atoms with Crippen molar-refractivity contribution in [1.29, 1.82) is 0 Å². The van der Waals surface area contributed by atoms with E-state index in [2.05, 4.69) is 5.10 Å². The van der Waals surface area contributed by atoms with Gasteiger partial charge in [0.1, 0.15) is 18.1 Å². The second kappa shape index (κ2) is 7.66. The molecule has 2 heterocycles. The molecule has 0 unspecified atom stereocenters. The van der Waals surface area contributed by atoms with Crippen LogP contribution in [-0.4, -0.2) is 27.6 Å². The highest BCUT2D eigenvalue weighted by Crippen LogP contribution is 2.23. The van der Waals surface area contributed by atoms with E-state index in [1.165, 1.54) is 0 Å². The van der Waals surface area contributed by atoms with E-state index in [1.807, 2.05) is 38.4 Å². The number of rotatable bonds is 6. The van der Waals surface area contributed by atoms with Gasteiger partial charge in [-0.1, -0.05) is 11.6 Å². The van der Waals surface area contributed by atoms with Crippen molar-refractivity contribution in [3.05, 3.63) is 70.4 Å². The third-order valence-electron chi connectivity index (χ3n) is 3.89. The summed E-state index contributed by atoms with van der Waals surface area (Å²) in [6.45, 7) is 2.57. The van der Waals surface area contributed by atoms with Crippen LogP contribution in [0, 0.1) is 6.92 Å². The van der Waals surface area contributed by atoms with Gasteiger partial charge in [-0.05, 0) is 48.9 Å². The number of carbonyl (C=O) groups excluding carboxylic acids is 1. The minimum absolute atomic E-state index is 0.204. The quantitative estimate of drug-likeness (QED) is 0.659. The summed E-state index contributed by atoms with van der Waals surface area (Å²) in [6.07, 6.45) is 1.84. The summed E-state index contributed by atoms with van der Waals surface area (Å²) in [5.74, 6) is 1.37. The van der Waals surface area contributed by atoms with Crippen molar-refractivity contribution in [3.8, 4) is 5.75 Å². The van der Waals surface area contributed by atoms with E-state index in [-0.39, 0.29) is 18.3 Å². The molecule has 0 radical (unpaired) electrons. The van der Waals surface area contributed by atoms with Crippen LogP contribution in [0.3, 0.4) is 0 Å². The minimum Gasteiger partial charge on any atom is -0.485 e. The maximum atomic E-state index is 12.5. The molecule has 6 nitrogen and oxygen atoms in total. The van der Waals surface area contributed by atoms with E-state index in [9.17, 15) is 4.79 Å². The maximum Gasteiger partial charge on any atom is 0.289 e. The first-order valence-electron chi connectivity index (χ1n) is 8.14. The molecule has 1 amide bonds. The first-order valence-corrected chi connectivity index (χ1v) is 8.52. The number of nitrogens with zero attached hydrogens (tertiary/aromatic N) is 3. The highest BCUT2D eigenvalue weighted by atomic mass is 35.5. The molecule has 2 aromatic heterocycles. The van der Waals surface area contributed by atoms with Gasteiger partial charge in [-0.25, -0.2) is 0 Å². The number of hydrogen-bond acceptors (Lipinski definition) is 4. The lowest BCUT2D eigenvalue weighted by molar-refractivity contribution is 0.0747. The second-order valence-corrected chi connectivity index (χ2v) is 6.54. The fourth-order valence-electron chi connectivity index (χ4n) is 2.54. The Kier molecular flexibility index (Phi) is 5.32. The Balaban J connectivity index is 1.60. The lowest BCUT2D eigenvalue weighted by atomic mass is 10.2. The largest absolute Gasteiger partial charge is 0.485 e. The first-order chi connectivity index (χ1) is 12.4. The normalized spacial score (nSPS) is 10.8. The summed E-state index contributed by atoms with van der Waals surface area (Å²) in [4.78, 5) is 14.0. The predicted molar refractivity (Wildman–Crippen MR) is 98.2 cm³/mol. The molecular weight excluding hydrogens is 354 g/mol. The van der Waals surface area contributed by atoms with Gasteiger partial charge in [-0.15, -0.1) is 0 Å². The predicted octanol–water partition coefficient (Wildman–Crippen LogP) is 3.83. The van der Waals surface area contributed by atoms with Gasteiger partial charge in [-0.2, -0.15) is 5.10 Å². The van der Waals surface area contributed by atoms with Crippen molar-refractivity contribution in [3.63, 3.8) is 0 Å². The molecule has 3 aromatic rings. The number of benzene rings is 1. The Morgan fingerprint density at radius 1 is 1.31 bits per heavy atom. The number of furan rings is 1. The lowest BCUT2D eigenvalue weighted by Gasteiger charge is -2.14. The Labute approximate surface area is 156 Å². The number of amides is 1. The molecule has 0 atom stereocenters. The Morgan fingerprint density at radius 2 is 2.12 bits per heavy atom. The number of carbonyl (C=O) groups is 1. The average molecular weight is 374 g/mol. The van der Waals surface area contributed by atoms with Crippen molar-refractivity contribution in [2.45, 2.75) is 20.1 Å². The van der Waals surface area contributed by atoms with E-state index in [1.54, 1.807) is 34.8 Å². The average Bonchev–Trinajstić information content (AvgIpc) is 3.22. The molecule has 136 valence electrons. The van der Waals surface area contributed by atoms with Crippen molar-refractivity contribution >= 4 is 17.5 Å². The van der Waals surface area contributed by atoms with Crippen LogP contribution in [0.1, 0.15) is 27.6 Å². The van der Waals surface area contributed by atoms with Gasteiger partial charge in [0.25, 0.3) is 5.91 Å². The molecule has 0 bridgehead atoms. The number of hydrogen-bond donors (Lipinski definition) is 0. The van der Waals surface area contributed by atoms with Crippen LogP contribution < -0.4 is 4.74 Å². The standard InChI is InChI=1S/C19H20ClN3O3/c1-13-10-14(20)4-6-17(13)25-12-16-5-7-18(26-16)19(24)22(2)11-15-8-9-23(3)21-15/h4-10H,11-12H2,1-3H3. The molecule has 0 fully saturated rings. The van der Waals surface area contributed by atoms with Gasteiger partial charge in [0, 0.05) is 25.3 Å². The fraction of sp³-hybridized carbons (Fsp3) is 0.263. The molecule has 0 aliphatic rings. The van der Waals surface area contributed by atoms with E-state index in [0.29, 0.717) is 17.3 Å². The summed E-state index contributed by atoms with van der Waals surface area (Å²) < 4.78 is 13.1. The summed E-state index contributed by atoms with van der Waals surface area (Å²) in [5.41, 5.74) is 1.76. The van der Waals surface area contributed by atoms with Crippen LogP contribution in [0.25, 0.3) is 0 Å². The van der Waals surface area contributed by atoms with Crippen LogP contribution >= 0.6 is 11.6 Å². The highest BCUT2D eigenvalue weighted by Gasteiger charge is 2.17. The molecule has 1 aromatic carbocycles. The number of halogens is 1. The molecule has 0 saturated heterocycles. The van der Waals surface area contributed by atoms with E-state index in [0.717, 1.165) is 17.0 Å². The lowest BCUT2D eigenvalue weighted by Crippen LogP contribution is -2.26. The number of aryl methyl sites for hydroxylation is 2. The first kappa shape index (κ1) is 18.1. The topological polar surface area (TPSA) is 60.5 Å². The van der Waals surface area contributed by atoms with Gasteiger partial charge in [0.15, 0.2) is 5.76 Å². The van der Waals surface area contributed by atoms with Gasteiger partial charge >= 0.3 is 0 Å². The zero-order chi connectivity index (χ0) is 18.7. The van der Waals surface area contributed by atoms with Gasteiger partial charge in [-0.3, -0.25) is 9.48 Å². The van der Waals surface area contributed by atoms with Crippen molar-refractivity contribution in [1.82, 2.24) is 14.7 Å². The van der Waals surface area contributed by atoms with E-state index >= 15 is 0 Å². The van der Waals surface area contributed by atoms with Gasteiger partial charge in [0.05, 0.1) is 12.2 Å². The van der Waals surface area contributed by atoms with Crippen molar-refractivity contribution in [2.75, 3.05) is 7.05 Å². The van der Waals surface area contributed by atoms with Crippen LogP contribution in [0.15, 0.2) is 47.0 Å². The molecule has 3 rings (SSSR count). The molecular formula is C19H20ClN3O3. The Bertz CT molecular complexity index is 916. The van der Waals surface area contributed by atoms with Crippen LogP contribution in [-0.2, 0) is 20.2 Å². The molecule has 7 heteroatoms. The van der Waals surface area contributed by atoms with E-state index < -0.39 is 0 Å². The third kappa shape index (κ3) is 4.26. The number of aromatic nitrogens is 2. The van der Waals surface area contributed by atoms with Gasteiger partial charge < -0.3 is 14.1 Å². The minimum atomic E-state index is -0.204.